The first kappa shape index (κ1) is 26.1. The number of hydrogen-bond donors (Lipinski definition) is 1. The molecule has 0 saturated carbocycles. The SMILES string of the molecule is C[C@H]1CN([C@@H](C)CO)C(=O)c2cc(/C=C/c3ccccc3)cnc2O[C@@H]1CN(C)C(=O)c1ccccc1. The molecule has 2 aromatic carbocycles. The molecule has 4 rings (SSSR count). The molecule has 0 saturated heterocycles. The molecule has 3 aromatic rings. The van der Waals surface area contributed by atoms with Crippen molar-refractivity contribution < 1.29 is 19.4 Å². The zero-order chi connectivity index (χ0) is 26.4. The number of rotatable bonds is 7. The summed E-state index contributed by atoms with van der Waals surface area (Å²) in [7, 11) is 1.75. The fraction of sp³-hybridized carbons (Fsp3) is 0.300. The Labute approximate surface area is 218 Å². The maximum Gasteiger partial charge on any atom is 0.259 e. The first-order valence-corrected chi connectivity index (χ1v) is 12.5. The van der Waals surface area contributed by atoms with Crippen molar-refractivity contribution in [1.82, 2.24) is 14.8 Å². The van der Waals surface area contributed by atoms with Crippen molar-refractivity contribution in [2.45, 2.75) is 26.0 Å². The molecular formula is C30H33N3O4. The summed E-state index contributed by atoms with van der Waals surface area (Å²) in [5.74, 6) is -0.228. The number of aliphatic hydroxyl groups excluding tert-OH is 1. The number of amides is 2. The van der Waals surface area contributed by atoms with Crippen LogP contribution < -0.4 is 4.74 Å². The fourth-order valence-corrected chi connectivity index (χ4v) is 4.34. The van der Waals surface area contributed by atoms with Gasteiger partial charge in [-0.05, 0) is 36.2 Å². The van der Waals surface area contributed by atoms with Crippen molar-refractivity contribution >= 4 is 24.0 Å². The minimum absolute atomic E-state index is 0.107. The summed E-state index contributed by atoms with van der Waals surface area (Å²) in [6, 6.07) is 20.4. The number of likely N-dealkylation sites (N-methyl/N-ethyl adjacent to an activating group) is 1. The van der Waals surface area contributed by atoms with Gasteiger partial charge >= 0.3 is 0 Å². The van der Waals surface area contributed by atoms with E-state index in [2.05, 4.69) is 4.98 Å². The largest absolute Gasteiger partial charge is 0.472 e. The Hall–Kier alpha value is -3.97. The number of hydrogen-bond acceptors (Lipinski definition) is 5. The second-order valence-electron chi connectivity index (χ2n) is 9.54. The minimum Gasteiger partial charge on any atom is -0.472 e. The third-order valence-electron chi connectivity index (χ3n) is 6.63. The second-order valence-corrected chi connectivity index (χ2v) is 9.54. The lowest BCUT2D eigenvalue weighted by Gasteiger charge is -2.37. The third-order valence-corrected chi connectivity index (χ3v) is 6.63. The van der Waals surface area contributed by atoms with E-state index in [4.69, 9.17) is 4.74 Å². The second kappa shape index (κ2) is 11.8. The van der Waals surface area contributed by atoms with Gasteiger partial charge in [-0.25, -0.2) is 4.98 Å². The summed E-state index contributed by atoms with van der Waals surface area (Å²) in [6.07, 6.45) is 5.13. The Bertz CT molecular complexity index is 1250. The zero-order valence-corrected chi connectivity index (χ0v) is 21.4. The molecule has 0 aliphatic carbocycles. The molecule has 2 heterocycles. The number of pyridine rings is 1. The lowest BCUT2D eigenvalue weighted by Crippen LogP contribution is -2.50. The highest BCUT2D eigenvalue weighted by molar-refractivity contribution is 5.97. The van der Waals surface area contributed by atoms with E-state index < -0.39 is 6.10 Å². The van der Waals surface area contributed by atoms with Crippen LogP contribution in [0, 0.1) is 5.92 Å². The molecule has 0 bridgehead atoms. The fourth-order valence-electron chi connectivity index (χ4n) is 4.34. The Morgan fingerprint density at radius 2 is 1.78 bits per heavy atom. The third kappa shape index (κ3) is 6.24. The molecule has 3 atom stereocenters. The van der Waals surface area contributed by atoms with Crippen LogP contribution in [0.2, 0.25) is 0 Å². The summed E-state index contributed by atoms with van der Waals surface area (Å²) in [6.45, 7) is 4.34. The Morgan fingerprint density at radius 3 is 2.46 bits per heavy atom. The number of benzene rings is 2. The van der Waals surface area contributed by atoms with Gasteiger partial charge in [0.15, 0.2) is 0 Å². The summed E-state index contributed by atoms with van der Waals surface area (Å²) in [5.41, 5.74) is 2.73. The first-order valence-electron chi connectivity index (χ1n) is 12.5. The molecule has 0 fully saturated rings. The maximum atomic E-state index is 13.6. The summed E-state index contributed by atoms with van der Waals surface area (Å²) < 4.78 is 6.32. The normalized spacial score (nSPS) is 18.5. The highest BCUT2D eigenvalue weighted by Gasteiger charge is 2.34. The van der Waals surface area contributed by atoms with E-state index in [1.165, 1.54) is 0 Å². The first-order chi connectivity index (χ1) is 17.9. The average Bonchev–Trinajstić information content (AvgIpc) is 2.94. The molecule has 2 amide bonds. The van der Waals surface area contributed by atoms with Crippen molar-refractivity contribution in [2.24, 2.45) is 5.92 Å². The minimum atomic E-state index is -0.406. The number of nitrogens with zero attached hydrogens (tertiary/aromatic N) is 3. The van der Waals surface area contributed by atoms with Gasteiger partial charge in [-0.15, -0.1) is 0 Å². The smallest absolute Gasteiger partial charge is 0.259 e. The number of aliphatic hydroxyl groups is 1. The van der Waals surface area contributed by atoms with Crippen LogP contribution >= 0.6 is 0 Å². The highest BCUT2D eigenvalue weighted by Crippen LogP contribution is 2.28. The van der Waals surface area contributed by atoms with Gasteiger partial charge in [0.2, 0.25) is 5.88 Å². The number of ether oxygens (including phenoxy) is 1. The lowest BCUT2D eigenvalue weighted by atomic mass is 9.99. The summed E-state index contributed by atoms with van der Waals surface area (Å²) in [4.78, 5) is 34.4. The van der Waals surface area contributed by atoms with Gasteiger partial charge in [0.25, 0.3) is 11.8 Å². The van der Waals surface area contributed by atoms with Crippen LogP contribution in [0.3, 0.4) is 0 Å². The molecule has 7 heteroatoms. The Balaban J connectivity index is 1.64. The highest BCUT2D eigenvalue weighted by atomic mass is 16.5. The lowest BCUT2D eigenvalue weighted by molar-refractivity contribution is 0.0313. The molecule has 192 valence electrons. The molecule has 0 radical (unpaired) electrons. The molecule has 1 aliphatic rings. The van der Waals surface area contributed by atoms with Crippen molar-refractivity contribution in [3.05, 3.63) is 95.2 Å². The van der Waals surface area contributed by atoms with E-state index in [-0.39, 0.29) is 36.3 Å². The van der Waals surface area contributed by atoms with Crippen LogP contribution in [0.5, 0.6) is 5.88 Å². The summed E-state index contributed by atoms with van der Waals surface area (Å²) in [5, 5.41) is 9.87. The zero-order valence-electron chi connectivity index (χ0n) is 21.4. The predicted octanol–water partition coefficient (Wildman–Crippen LogP) is 4.24. The molecule has 7 nitrogen and oxygen atoms in total. The monoisotopic (exact) mass is 499 g/mol. The molecular weight excluding hydrogens is 466 g/mol. The van der Waals surface area contributed by atoms with Gasteiger partial charge in [-0.2, -0.15) is 0 Å². The Kier molecular flexibility index (Phi) is 8.36. The molecule has 1 aromatic heterocycles. The van der Waals surface area contributed by atoms with Gasteiger partial charge < -0.3 is 19.6 Å². The van der Waals surface area contributed by atoms with Crippen molar-refractivity contribution in [1.29, 1.82) is 0 Å². The molecule has 1 N–H and O–H groups in total. The van der Waals surface area contributed by atoms with Crippen LogP contribution in [-0.2, 0) is 0 Å². The van der Waals surface area contributed by atoms with Gasteiger partial charge in [-0.1, -0.05) is 67.6 Å². The van der Waals surface area contributed by atoms with E-state index in [1.807, 2.05) is 74.5 Å². The summed E-state index contributed by atoms with van der Waals surface area (Å²) >= 11 is 0. The van der Waals surface area contributed by atoms with Crippen molar-refractivity contribution in [3.63, 3.8) is 0 Å². The van der Waals surface area contributed by atoms with E-state index >= 15 is 0 Å². The quantitative estimate of drug-likeness (QED) is 0.526. The van der Waals surface area contributed by atoms with E-state index in [1.54, 1.807) is 41.2 Å². The number of carbonyl (C=O) groups is 2. The van der Waals surface area contributed by atoms with Gasteiger partial charge in [0.1, 0.15) is 11.7 Å². The van der Waals surface area contributed by atoms with Crippen LogP contribution in [-0.4, -0.2) is 70.6 Å². The number of carbonyl (C=O) groups excluding carboxylic acids is 2. The van der Waals surface area contributed by atoms with Crippen LogP contribution in [0.15, 0.2) is 72.9 Å². The standard InChI is InChI=1S/C30H33N3O4/c1-21-18-33(22(2)20-34)30(36)26-16-24(15-14-23-10-6-4-7-11-23)17-31-28(26)37-27(21)19-32(3)29(35)25-12-8-5-9-13-25/h4-17,21-22,27,34H,18-20H2,1-3H3/b15-14+/t21-,22-,27+/m0/s1. The van der Waals surface area contributed by atoms with E-state index in [9.17, 15) is 14.7 Å². The van der Waals surface area contributed by atoms with Crippen LogP contribution in [0.4, 0.5) is 0 Å². The van der Waals surface area contributed by atoms with Crippen molar-refractivity contribution in [2.75, 3.05) is 26.7 Å². The van der Waals surface area contributed by atoms with Gasteiger partial charge in [0.05, 0.1) is 19.2 Å². The van der Waals surface area contributed by atoms with Crippen LogP contribution in [0.25, 0.3) is 12.2 Å². The maximum absolute atomic E-state index is 13.6. The van der Waals surface area contributed by atoms with Crippen LogP contribution in [0.1, 0.15) is 45.7 Å². The number of aromatic nitrogens is 1. The van der Waals surface area contributed by atoms with E-state index in [0.29, 0.717) is 24.2 Å². The average molecular weight is 500 g/mol. The van der Waals surface area contributed by atoms with E-state index in [0.717, 1.165) is 11.1 Å². The molecule has 0 spiro atoms. The van der Waals surface area contributed by atoms with Gasteiger partial charge in [-0.3, -0.25) is 9.59 Å². The van der Waals surface area contributed by atoms with Crippen molar-refractivity contribution in [3.8, 4) is 5.88 Å². The van der Waals surface area contributed by atoms with Gasteiger partial charge in [0, 0.05) is 31.3 Å². The topological polar surface area (TPSA) is 83.0 Å². The molecule has 37 heavy (non-hydrogen) atoms. The Morgan fingerprint density at radius 1 is 1.14 bits per heavy atom. The predicted molar refractivity (Wildman–Crippen MR) is 144 cm³/mol. The molecule has 1 aliphatic heterocycles. The molecule has 0 unspecified atom stereocenters. The number of fused-ring (bicyclic) bond motifs is 1.